The third kappa shape index (κ3) is 4.07. The quantitative estimate of drug-likeness (QED) is 0.908. The minimum absolute atomic E-state index is 0.0344. The van der Waals surface area contributed by atoms with Crippen LogP contribution in [0.2, 0.25) is 0 Å². The second-order valence-electron chi connectivity index (χ2n) is 5.44. The van der Waals surface area contributed by atoms with Gasteiger partial charge in [0.15, 0.2) is 9.84 Å². The van der Waals surface area contributed by atoms with Gasteiger partial charge in [0.1, 0.15) is 0 Å². The third-order valence-electron chi connectivity index (χ3n) is 3.76. The molecule has 110 valence electrons. The average Bonchev–Trinajstić information content (AvgIpc) is 2.94. The molecule has 0 atom stereocenters. The Hall–Kier alpha value is -1.36. The van der Waals surface area contributed by atoms with Gasteiger partial charge in [-0.2, -0.15) is 0 Å². The van der Waals surface area contributed by atoms with Gasteiger partial charge in [-0.15, -0.1) is 0 Å². The van der Waals surface area contributed by atoms with Crippen molar-refractivity contribution < 1.29 is 13.2 Å². The number of carbonyl (C=O) groups is 1. The summed E-state index contributed by atoms with van der Waals surface area (Å²) in [6, 6.07) is 7.45. The lowest BCUT2D eigenvalue weighted by atomic mass is 10.2. The Morgan fingerprint density at radius 2 is 1.80 bits per heavy atom. The van der Waals surface area contributed by atoms with Crippen molar-refractivity contribution in [2.24, 2.45) is 0 Å². The first kappa shape index (κ1) is 15.0. The second kappa shape index (κ2) is 6.39. The normalized spacial score (nSPS) is 16.2. The van der Waals surface area contributed by atoms with Crippen LogP contribution in [0.25, 0.3) is 0 Å². The van der Waals surface area contributed by atoms with Crippen molar-refractivity contribution in [2.45, 2.75) is 44.3 Å². The lowest BCUT2D eigenvalue weighted by Gasteiger charge is -2.11. The van der Waals surface area contributed by atoms with E-state index in [2.05, 4.69) is 5.32 Å². The topological polar surface area (TPSA) is 63.2 Å². The molecule has 1 aromatic carbocycles. The van der Waals surface area contributed by atoms with Gasteiger partial charge in [0.05, 0.1) is 11.0 Å². The molecule has 2 rings (SSSR count). The summed E-state index contributed by atoms with van der Waals surface area (Å²) >= 11 is 0. The Bertz CT molecular complexity index is 557. The second-order valence-corrected chi connectivity index (χ2v) is 7.84. The van der Waals surface area contributed by atoms with Crippen LogP contribution in [0.4, 0.5) is 5.69 Å². The van der Waals surface area contributed by atoms with Crippen LogP contribution in [-0.4, -0.2) is 25.3 Å². The fraction of sp³-hybridized carbons (Fsp3) is 0.533. The molecule has 1 aliphatic rings. The van der Waals surface area contributed by atoms with Crippen LogP contribution in [0.3, 0.4) is 0 Å². The number of amides is 1. The van der Waals surface area contributed by atoms with Gasteiger partial charge in [0.25, 0.3) is 0 Å². The summed E-state index contributed by atoms with van der Waals surface area (Å²) in [7, 11) is -3.11. The maximum Gasteiger partial charge on any atom is 0.225 e. The van der Waals surface area contributed by atoms with Crippen LogP contribution >= 0.6 is 0 Å². The molecule has 0 unspecified atom stereocenters. The van der Waals surface area contributed by atoms with E-state index in [-0.39, 0.29) is 23.3 Å². The highest BCUT2D eigenvalue weighted by molar-refractivity contribution is 7.92. The van der Waals surface area contributed by atoms with E-state index in [9.17, 15) is 13.2 Å². The van der Waals surface area contributed by atoms with E-state index in [1.54, 1.807) is 0 Å². The van der Waals surface area contributed by atoms with Crippen LogP contribution in [0.15, 0.2) is 24.3 Å². The van der Waals surface area contributed by atoms with E-state index in [0.29, 0.717) is 5.69 Å². The van der Waals surface area contributed by atoms with Gasteiger partial charge in [-0.3, -0.25) is 4.79 Å². The molecule has 0 saturated heterocycles. The molecule has 1 fully saturated rings. The van der Waals surface area contributed by atoms with E-state index < -0.39 is 9.84 Å². The van der Waals surface area contributed by atoms with Crippen molar-refractivity contribution in [3.8, 4) is 0 Å². The van der Waals surface area contributed by atoms with Crippen molar-refractivity contribution >= 4 is 21.4 Å². The number of rotatable bonds is 5. The molecule has 1 aromatic rings. The molecule has 1 N–H and O–H groups in total. The summed E-state index contributed by atoms with van der Waals surface area (Å²) in [5.74, 6) is -0.287. The molecule has 20 heavy (non-hydrogen) atoms. The molecular weight excluding hydrogens is 274 g/mol. The number of anilines is 1. The summed E-state index contributed by atoms with van der Waals surface area (Å²) in [4.78, 5) is 11.8. The summed E-state index contributed by atoms with van der Waals surface area (Å²) in [6.07, 6.45) is 3.51. The number of aryl methyl sites for hydroxylation is 1. The van der Waals surface area contributed by atoms with Crippen LogP contribution in [0.5, 0.6) is 0 Å². The molecular formula is C15H21NO3S. The summed E-state index contributed by atoms with van der Waals surface area (Å²) in [5.41, 5.74) is 1.82. The molecule has 0 heterocycles. The number of sulfone groups is 1. The molecule has 0 spiro atoms. The predicted molar refractivity (Wildman–Crippen MR) is 80.5 cm³/mol. The molecule has 1 aliphatic carbocycles. The van der Waals surface area contributed by atoms with Gasteiger partial charge in [0.2, 0.25) is 5.91 Å². The van der Waals surface area contributed by atoms with Crippen molar-refractivity contribution in [1.29, 1.82) is 0 Å². The van der Waals surface area contributed by atoms with E-state index in [1.165, 1.54) is 0 Å². The lowest BCUT2D eigenvalue weighted by molar-refractivity contribution is -0.115. The van der Waals surface area contributed by atoms with Crippen molar-refractivity contribution in [2.75, 3.05) is 11.1 Å². The summed E-state index contributed by atoms with van der Waals surface area (Å²) in [5, 5.41) is 2.50. The highest BCUT2D eigenvalue weighted by Gasteiger charge is 2.28. The third-order valence-corrected chi connectivity index (χ3v) is 6.02. The molecule has 0 radical (unpaired) electrons. The zero-order valence-electron chi connectivity index (χ0n) is 11.8. The van der Waals surface area contributed by atoms with E-state index in [4.69, 9.17) is 0 Å². The number of nitrogens with one attached hydrogen (secondary N) is 1. The first-order chi connectivity index (χ1) is 9.47. The van der Waals surface area contributed by atoms with Gasteiger partial charge in [-0.05, 0) is 31.9 Å². The SMILES string of the molecule is Cc1ccc(NC(=O)CCS(=O)(=O)C2CCCC2)cc1. The summed E-state index contributed by atoms with van der Waals surface area (Å²) in [6.45, 7) is 1.97. The molecule has 0 aromatic heterocycles. The molecule has 4 nitrogen and oxygen atoms in total. The van der Waals surface area contributed by atoms with Crippen LogP contribution in [0.1, 0.15) is 37.7 Å². The smallest absolute Gasteiger partial charge is 0.225 e. The molecule has 5 heteroatoms. The lowest BCUT2D eigenvalue weighted by Crippen LogP contribution is -2.24. The molecule has 0 aliphatic heterocycles. The standard InChI is InChI=1S/C15H21NO3S/c1-12-6-8-13(9-7-12)16-15(17)10-11-20(18,19)14-4-2-3-5-14/h6-9,14H,2-5,10-11H2,1H3,(H,16,17). The Balaban J connectivity index is 1.84. The number of hydrogen-bond donors (Lipinski definition) is 1. The van der Waals surface area contributed by atoms with Gasteiger partial charge >= 0.3 is 0 Å². The molecule has 0 bridgehead atoms. The first-order valence-electron chi connectivity index (χ1n) is 7.05. The fourth-order valence-corrected chi connectivity index (χ4v) is 4.36. The van der Waals surface area contributed by atoms with Crippen molar-refractivity contribution in [3.63, 3.8) is 0 Å². The Kier molecular flexibility index (Phi) is 4.81. The monoisotopic (exact) mass is 295 g/mol. The van der Waals surface area contributed by atoms with Gasteiger partial charge in [0, 0.05) is 12.1 Å². The van der Waals surface area contributed by atoms with Crippen molar-refractivity contribution in [3.05, 3.63) is 29.8 Å². The largest absolute Gasteiger partial charge is 0.326 e. The predicted octanol–water partition coefficient (Wildman–Crippen LogP) is 2.68. The highest BCUT2D eigenvalue weighted by atomic mass is 32.2. The van der Waals surface area contributed by atoms with E-state index in [0.717, 1.165) is 31.2 Å². The average molecular weight is 295 g/mol. The van der Waals surface area contributed by atoms with E-state index >= 15 is 0 Å². The zero-order chi connectivity index (χ0) is 14.6. The van der Waals surface area contributed by atoms with Gasteiger partial charge in [-0.1, -0.05) is 30.5 Å². The molecule has 1 saturated carbocycles. The van der Waals surface area contributed by atoms with Crippen LogP contribution < -0.4 is 5.32 Å². The minimum Gasteiger partial charge on any atom is -0.326 e. The number of benzene rings is 1. The zero-order valence-corrected chi connectivity index (χ0v) is 12.6. The first-order valence-corrected chi connectivity index (χ1v) is 8.77. The summed E-state index contributed by atoms with van der Waals surface area (Å²) < 4.78 is 24.1. The van der Waals surface area contributed by atoms with Crippen LogP contribution in [0, 0.1) is 6.92 Å². The Labute approximate surface area is 120 Å². The number of hydrogen-bond acceptors (Lipinski definition) is 3. The van der Waals surface area contributed by atoms with E-state index in [1.807, 2.05) is 31.2 Å². The van der Waals surface area contributed by atoms with Gasteiger partial charge < -0.3 is 5.32 Å². The van der Waals surface area contributed by atoms with Crippen molar-refractivity contribution in [1.82, 2.24) is 0 Å². The Morgan fingerprint density at radius 3 is 2.40 bits per heavy atom. The maximum atomic E-state index is 12.1. The van der Waals surface area contributed by atoms with Crippen LogP contribution in [-0.2, 0) is 14.6 Å². The van der Waals surface area contributed by atoms with Gasteiger partial charge in [-0.25, -0.2) is 8.42 Å². The Morgan fingerprint density at radius 1 is 1.20 bits per heavy atom. The maximum absolute atomic E-state index is 12.1. The highest BCUT2D eigenvalue weighted by Crippen LogP contribution is 2.25. The minimum atomic E-state index is -3.11. The fourth-order valence-electron chi connectivity index (χ4n) is 2.51. The molecule has 1 amide bonds. The number of carbonyl (C=O) groups excluding carboxylic acids is 1.